The van der Waals surface area contributed by atoms with Gasteiger partial charge < -0.3 is 0 Å². The van der Waals surface area contributed by atoms with Crippen LogP contribution in [0.15, 0.2) is 182 Å². The summed E-state index contributed by atoms with van der Waals surface area (Å²) in [6.45, 7) is 0. The summed E-state index contributed by atoms with van der Waals surface area (Å²) in [4.78, 5) is 0. The predicted molar refractivity (Wildman–Crippen MR) is 198 cm³/mol. The monoisotopic (exact) mass is 582 g/mol. The summed E-state index contributed by atoms with van der Waals surface area (Å²) >= 11 is 0. The van der Waals surface area contributed by atoms with Gasteiger partial charge in [0.1, 0.15) is 0 Å². The zero-order valence-electron chi connectivity index (χ0n) is 25.3. The van der Waals surface area contributed by atoms with Crippen molar-refractivity contribution in [2.24, 2.45) is 0 Å². The van der Waals surface area contributed by atoms with E-state index >= 15 is 0 Å². The van der Waals surface area contributed by atoms with E-state index in [1.165, 1.54) is 87.6 Å². The van der Waals surface area contributed by atoms with Crippen molar-refractivity contribution in [3.63, 3.8) is 0 Å². The van der Waals surface area contributed by atoms with Crippen LogP contribution in [0.1, 0.15) is 0 Å². The van der Waals surface area contributed by atoms with E-state index in [-0.39, 0.29) is 0 Å². The van der Waals surface area contributed by atoms with Crippen molar-refractivity contribution < 1.29 is 0 Å². The molecule has 0 saturated heterocycles. The van der Waals surface area contributed by atoms with Gasteiger partial charge in [0, 0.05) is 0 Å². The van der Waals surface area contributed by atoms with Crippen LogP contribution in [-0.4, -0.2) is 0 Å². The molecular formula is C46H30. The molecular weight excluding hydrogens is 553 g/mol. The molecule has 0 bridgehead atoms. The van der Waals surface area contributed by atoms with Gasteiger partial charge in [0.15, 0.2) is 0 Å². The van der Waals surface area contributed by atoms with E-state index in [0.717, 1.165) is 0 Å². The number of hydrogen-bond donors (Lipinski definition) is 0. The van der Waals surface area contributed by atoms with E-state index in [0.29, 0.717) is 0 Å². The average Bonchev–Trinajstić information content (AvgIpc) is 3.14. The van der Waals surface area contributed by atoms with Crippen LogP contribution in [-0.2, 0) is 0 Å². The van der Waals surface area contributed by atoms with Gasteiger partial charge in [-0.2, -0.15) is 0 Å². The van der Waals surface area contributed by atoms with Gasteiger partial charge in [0.05, 0.1) is 0 Å². The van der Waals surface area contributed by atoms with Crippen molar-refractivity contribution >= 4 is 43.1 Å². The average molecular weight is 583 g/mol. The molecule has 214 valence electrons. The summed E-state index contributed by atoms with van der Waals surface area (Å²) in [5, 5.41) is 10.2. The van der Waals surface area contributed by atoms with E-state index in [2.05, 4.69) is 182 Å². The Kier molecular flexibility index (Phi) is 6.25. The lowest BCUT2D eigenvalue weighted by molar-refractivity contribution is 1.60. The van der Waals surface area contributed by atoms with Crippen LogP contribution in [0.3, 0.4) is 0 Å². The fraction of sp³-hybridized carbons (Fsp3) is 0. The first kappa shape index (κ1) is 26.4. The third-order valence-corrected chi connectivity index (χ3v) is 9.44. The molecule has 0 fully saturated rings. The lowest BCUT2D eigenvalue weighted by atomic mass is 9.83. The highest BCUT2D eigenvalue weighted by Gasteiger charge is 2.19. The van der Waals surface area contributed by atoms with E-state index < -0.39 is 0 Å². The Hall–Kier alpha value is -5.98. The molecule has 9 aromatic rings. The second-order valence-electron chi connectivity index (χ2n) is 12.1. The summed E-state index contributed by atoms with van der Waals surface area (Å²) in [6.07, 6.45) is 0. The molecule has 0 nitrogen and oxygen atoms in total. The predicted octanol–water partition coefficient (Wildman–Crippen LogP) is 13.0. The van der Waals surface area contributed by atoms with Crippen LogP contribution in [0.2, 0.25) is 0 Å². The fourth-order valence-corrected chi connectivity index (χ4v) is 7.35. The van der Waals surface area contributed by atoms with Crippen LogP contribution < -0.4 is 0 Å². The van der Waals surface area contributed by atoms with Gasteiger partial charge in [-0.1, -0.05) is 170 Å². The summed E-state index contributed by atoms with van der Waals surface area (Å²) in [7, 11) is 0. The number of hydrogen-bond acceptors (Lipinski definition) is 0. The van der Waals surface area contributed by atoms with Crippen LogP contribution in [0.5, 0.6) is 0 Å². The minimum Gasteiger partial charge on any atom is -0.0622 e. The molecule has 0 aliphatic heterocycles. The van der Waals surface area contributed by atoms with Gasteiger partial charge in [0.25, 0.3) is 0 Å². The van der Waals surface area contributed by atoms with Gasteiger partial charge in [-0.25, -0.2) is 0 Å². The third kappa shape index (κ3) is 4.30. The van der Waals surface area contributed by atoms with Crippen LogP contribution in [0.25, 0.3) is 87.6 Å². The van der Waals surface area contributed by atoms with Gasteiger partial charge in [-0.15, -0.1) is 0 Å². The first-order valence-corrected chi connectivity index (χ1v) is 15.9. The molecule has 0 radical (unpaired) electrons. The maximum absolute atomic E-state index is 2.37. The molecule has 0 heteroatoms. The van der Waals surface area contributed by atoms with E-state index in [1.54, 1.807) is 0 Å². The van der Waals surface area contributed by atoms with Crippen LogP contribution in [0.4, 0.5) is 0 Å². The standard InChI is InChI=1S/C46H30/c1-2-13-31(14-3-1)38-19-6-7-20-40(38)46-43-23-10-8-21-41(43)45(42-22-9-11-24-44(42)46)36-17-12-16-33(30-36)34-27-28-39-35(29-34)26-25-32-15-4-5-18-37(32)39/h1-30H. The highest BCUT2D eigenvalue weighted by atomic mass is 14.2. The maximum Gasteiger partial charge on any atom is -0.00201 e. The van der Waals surface area contributed by atoms with Crippen molar-refractivity contribution in [3.8, 4) is 44.5 Å². The summed E-state index contributed by atoms with van der Waals surface area (Å²) in [5.74, 6) is 0. The molecule has 0 aromatic heterocycles. The lowest BCUT2D eigenvalue weighted by Crippen LogP contribution is -1.93. The molecule has 0 aliphatic carbocycles. The fourth-order valence-electron chi connectivity index (χ4n) is 7.35. The van der Waals surface area contributed by atoms with Crippen LogP contribution >= 0.6 is 0 Å². The first-order valence-electron chi connectivity index (χ1n) is 15.9. The first-order chi connectivity index (χ1) is 22.8. The van der Waals surface area contributed by atoms with Crippen molar-refractivity contribution in [2.45, 2.75) is 0 Å². The molecule has 0 aliphatic rings. The number of fused-ring (bicyclic) bond motifs is 5. The third-order valence-electron chi connectivity index (χ3n) is 9.44. The van der Waals surface area contributed by atoms with E-state index in [1.807, 2.05) is 0 Å². The van der Waals surface area contributed by atoms with Crippen molar-refractivity contribution in [2.75, 3.05) is 0 Å². The van der Waals surface area contributed by atoms with Crippen molar-refractivity contribution in [3.05, 3.63) is 182 Å². The maximum atomic E-state index is 2.37. The van der Waals surface area contributed by atoms with Gasteiger partial charge in [0.2, 0.25) is 0 Å². The molecule has 0 unspecified atom stereocenters. The Morgan fingerprint density at radius 1 is 0.217 bits per heavy atom. The Bertz CT molecular complexity index is 2520. The number of benzene rings is 9. The van der Waals surface area contributed by atoms with E-state index in [4.69, 9.17) is 0 Å². The Labute approximate surface area is 268 Å². The molecule has 0 N–H and O–H groups in total. The normalized spacial score (nSPS) is 11.5. The van der Waals surface area contributed by atoms with Gasteiger partial charge in [-0.05, 0) is 99.7 Å². The van der Waals surface area contributed by atoms with Crippen LogP contribution in [0, 0.1) is 0 Å². The molecule has 46 heavy (non-hydrogen) atoms. The molecule has 9 rings (SSSR count). The summed E-state index contributed by atoms with van der Waals surface area (Å²) in [6, 6.07) is 66.5. The zero-order valence-corrected chi connectivity index (χ0v) is 25.3. The molecule has 0 spiro atoms. The minimum atomic E-state index is 1.22. The smallest absolute Gasteiger partial charge is 0.00201 e. The SMILES string of the molecule is c1ccc(-c2ccccc2-c2c3ccccc3c(-c3cccc(-c4ccc5c(ccc6ccccc65)c4)c3)c3ccccc23)cc1. The lowest BCUT2D eigenvalue weighted by Gasteiger charge is -2.20. The zero-order chi connectivity index (χ0) is 30.5. The molecule has 0 heterocycles. The second-order valence-corrected chi connectivity index (χ2v) is 12.1. The Morgan fingerprint density at radius 2 is 0.717 bits per heavy atom. The molecule has 0 amide bonds. The van der Waals surface area contributed by atoms with Gasteiger partial charge >= 0.3 is 0 Å². The summed E-state index contributed by atoms with van der Waals surface area (Å²) in [5.41, 5.74) is 9.97. The summed E-state index contributed by atoms with van der Waals surface area (Å²) < 4.78 is 0. The second kappa shape index (κ2) is 10.9. The highest BCUT2D eigenvalue weighted by Crippen LogP contribution is 2.46. The largest absolute Gasteiger partial charge is 0.0622 e. The highest BCUT2D eigenvalue weighted by molar-refractivity contribution is 6.22. The topological polar surface area (TPSA) is 0 Å². The molecule has 9 aromatic carbocycles. The number of rotatable bonds is 4. The quantitative estimate of drug-likeness (QED) is 0.143. The van der Waals surface area contributed by atoms with E-state index in [9.17, 15) is 0 Å². The minimum absolute atomic E-state index is 1.22. The molecule has 0 atom stereocenters. The Morgan fingerprint density at radius 3 is 1.46 bits per heavy atom. The van der Waals surface area contributed by atoms with Gasteiger partial charge in [-0.3, -0.25) is 0 Å². The Balaban J connectivity index is 1.27. The van der Waals surface area contributed by atoms with Crippen molar-refractivity contribution in [1.82, 2.24) is 0 Å². The molecule has 0 saturated carbocycles. The van der Waals surface area contributed by atoms with Crippen molar-refractivity contribution in [1.29, 1.82) is 0 Å².